The van der Waals surface area contributed by atoms with Crippen molar-refractivity contribution in [3.05, 3.63) is 65.2 Å². The molecule has 0 atom stereocenters. The number of pyridine rings is 1. The highest BCUT2D eigenvalue weighted by Gasteiger charge is 2.23. The van der Waals surface area contributed by atoms with Crippen LogP contribution < -0.4 is 5.32 Å². The van der Waals surface area contributed by atoms with Crippen LogP contribution in [0.25, 0.3) is 0 Å². The molecular weight excluding hydrogens is 351 g/mol. The molecule has 7 nitrogen and oxygen atoms in total. The number of hydrogen-bond acceptors (Lipinski definition) is 4. The quantitative estimate of drug-likeness (QED) is 0.798. The fourth-order valence-corrected chi connectivity index (χ4v) is 2.78. The summed E-state index contributed by atoms with van der Waals surface area (Å²) in [6.07, 6.45) is 0.764. The Morgan fingerprint density at radius 2 is 1.74 bits per heavy atom. The number of hydrogen-bond donors (Lipinski definition) is 1. The predicted molar refractivity (Wildman–Crippen MR) is 95.3 cm³/mol. The summed E-state index contributed by atoms with van der Waals surface area (Å²) in [7, 11) is 0. The number of carbonyl (C=O) groups excluding carboxylic acids is 3. The van der Waals surface area contributed by atoms with Crippen LogP contribution >= 0.6 is 0 Å². The van der Waals surface area contributed by atoms with Gasteiger partial charge in [0, 0.05) is 38.3 Å². The Balaban J connectivity index is 1.64. The van der Waals surface area contributed by atoms with Crippen LogP contribution in [-0.2, 0) is 11.3 Å². The maximum Gasteiger partial charge on any atom is 0.272 e. The fraction of sp³-hybridized carbons (Fsp3) is 0.263. The lowest BCUT2D eigenvalue weighted by atomic mass is 10.2. The Morgan fingerprint density at radius 3 is 2.44 bits per heavy atom. The van der Waals surface area contributed by atoms with Gasteiger partial charge in [-0.05, 0) is 18.2 Å². The summed E-state index contributed by atoms with van der Waals surface area (Å²) in [6, 6.07) is 10.8. The van der Waals surface area contributed by atoms with Gasteiger partial charge in [0.05, 0.1) is 0 Å². The van der Waals surface area contributed by atoms with Crippen molar-refractivity contribution in [1.29, 1.82) is 0 Å². The smallest absolute Gasteiger partial charge is 0.272 e. The maximum absolute atomic E-state index is 13.6. The molecule has 1 aliphatic rings. The molecule has 140 valence electrons. The molecule has 0 unspecified atom stereocenters. The first-order chi connectivity index (χ1) is 13.1. The summed E-state index contributed by atoms with van der Waals surface area (Å²) in [4.78, 5) is 43.0. The van der Waals surface area contributed by atoms with E-state index in [-0.39, 0.29) is 23.8 Å². The SMILES string of the molecule is O=CN1CCN(C(=O)c2cccc(C(=O)NCc3ccccc3F)n2)CC1. The Kier molecular flexibility index (Phi) is 5.75. The van der Waals surface area contributed by atoms with Crippen molar-refractivity contribution in [2.24, 2.45) is 0 Å². The van der Waals surface area contributed by atoms with E-state index in [1.165, 1.54) is 12.1 Å². The molecular formula is C19H19FN4O3. The summed E-state index contributed by atoms with van der Waals surface area (Å²) in [6.45, 7) is 1.81. The van der Waals surface area contributed by atoms with Crippen molar-refractivity contribution in [1.82, 2.24) is 20.1 Å². The summed E-state index contributed by atoms with van der Waals surface area (Å²) >= 11 is 0. The molecule has 1 fully saturated rings. The number of amides is 3. The lowest BCUT2D eigenvalue weighted by Gasteiger charge is -2.32. The van der Waals surface area contributed by atoms with Gasteiger partial charge in [0.2, 0.25) is 6.41 Å². The van der Waals surface area contributed by atoms with Gasteiger partial charge in [-0.2, -0.15) is 0 Å². The van der Waals surface area contributed by atoms with Crippen molar-refractivity contribution in [2.75, 3.05) is 26.2 Å². The molecule has 3 amide bonds. The number of nitrogens with zero attached hydrogens (tertiary/aromatic N) is 3. The van der Waals surface area contributed by atoms with Crippen LogP contribution in [0.3, 0.4) is 0 Å². The van der Waals surface area contributed by atoms with E-state index in [4.69, 9.17) is 0 Å². The molecule has 0 saturated carbocycles. The molecule has 0 aliphatic carbocycles. The molecule has 1 aromatic carbocycles. The zero-order valence-electron chi connectivity index (χ0n) is 14.6. The molecule has 1 aliphatic heterocycles. The summed E-state index contributed by atoms with van der Waals surface area (Å²) in [5.41, 5.74) is 0.614. The van der Waals surface area contributed by atoms with Crippen LogP contribution in [0.1, 0.15) is 26.5 Å². The number of halogens is 1. The molecule has 0 spiro atoms. The highest BCUT2D eigenvalue weighted by molar-refractivity contribution is 5.96. The van der Waals surface area contributed by atoms with Crippen LogP contribution in [0.4, 0.5) is 4.39 Å². The van der Waals surface area contributed by atoms with Crippen LogP contribution in [-0.4, -0.2) is 59.2 Å². The lowest BCUT2D eigenvalue weighted by molar-refractivity contribution is -0.119. The minimum Gasteiger partial charge on any atom is -0.347 e. The zero-order chi connectivity index (χ0) is 19.2. The number of aromatic nitrogens is 1. The highest BCUT2D eigenvalue weighted by Crippen LogP contribution is 2.09. The normalized spacial score (nSPS) is 14.0. The monoisotopic (exact) mass is 370 g/mol. The Morgan fingerprint density at radius 1 is 1.04 bits per heavy atom. The molecule has 1 aromatic heterocycles. The van der Waals surface area contributed by atoms with Crippen molar-refractivity contribution in [2.45, 2.75) is 6.54 Å². The first-order valence-corrected chi connectivity index (χ1v) is 8.56. The predicted octanol–water partition coefficient (Wildman–Crippen LogP) is 1.06. The van der Waals surface area contributed by atoms with Crippen molar-refractivity contribution < 1.29 is 18.8 Å². The fourth-order valence-electron chi connectivity index (χ4n) is 2.78. The Labute approximate surface area is 155 Å². The topological polar surface area (TPSA) is 82.6 Å². The summed E-state index contributed by atoms with van der Waals surface area (Å²) < 4.78 is 13.6. The first-order valence-electron chi connectivity index (χ1n) is 8.56. The maximum atomic E-state index is 13.6. The molecule has 3 rings (SSSR count). The van der Waals surface area contributed by atoms with E-state index in [0.29, 0.717) is 31.7 Å². The number of benzene rings is 1. The van der Waals surface area contributed by atoms with E-state index in [2.05, 4.69) is 10.3 Å². The molecule has 2 heterocycles. The molecule has 1 N–H and O–H groups in total. The second-order valence-corrected chi connectivity index (χ2v) is 6.12. The van der Waals surface area contributed by atoms with E-state index in [9.17, 15) is 18.8 Å². The van der Waals surface area contributed by atoms with Gasteiger partial charge in [0.25, 0.3) is 11.8 Å². The second kappa shape index (κ2) is 8.39. The van der Waals surface area contributed by atoms with Gasteiger partial charge in [-0.15, -0.1) is 0 Å². The molecule has 2 aromatic rings. The van der Waals surface area contributed by atoms with Crippen LogP contribution in [0.15, 0.2) is 42.5 Å². The molecule has 1 saturated heterocycles. The van der Waals surface area contributed by atoms with Crippen LogP contribution in [0, 0.1) is 5.82 Å². The average molecular weight is 370 g/mol. The summed E-state index contributed by atoms with van der Waals surface area (Å²) in [5, 5.41) is 2.60. The highest BCUT2D eigenvalue weighted by atomic mass is 19.1. The minimum absolute atomic E-state index is 0.0268. The molecule has 8 heteroatoms. The Hall–Kier alpha value is -3.29. The summed E-state index contributed by atoms with van der Waals surface area (Å²) in [5.74, 6) is -1.17. The van der Waals surface area contributed by atoms with Gasteiger partial charge in [-0.3, -0.25) is 14.4 Å². The second-order valence-electron chi connectivity index (χ2n) is 6.12. The van der Waals surface area contributed by atoms with E-state index in [0.717, 1.165) is 6.41 Å². The molecule has 0 radical (unpaired) electrons. The standard InChI is InChI=1S/C19H19FN4O3/c20-15-5-2-1-4-14(15)12-21-18(26)16-6-3-7-17(22-16)19(27)24-10-8-23(13-25)9-11-24/h1-7,13H,8-12H2,(H,21,26). The molecule has 27 heavy (non-hydrogen) atoms. The lowest BCUT2D eigenvalue weighted by Crippen LogP contribution is -2.48. The van der Waals surface area contributed by atoms with E-state index < -0.39 is 11.7 Å². The number of piperazine rings is 1. The van der Waals surface area contributed by atoms with Crippen molar-refractivity contribution >= 4 is 18.2 Å². The van der Waals surface area contributed by atoms with E-state index in [1.807, 2.05) is 0 Å². The van der Waals surface area contributed by atoms with Gasteiger partial charge in [-0.1, -0.05) is 24.3 Å². The molecule has 0 bridgehead atoms. The van der Waals surface area contributed by atoms with E-state index >= 15 is 0 Å². The van der Waals surface area contributed by atoms with Gasteiger partial charge in [0.15, 0.2) is 0 Å². The van der Waals surface area contributed by atoms with Gasteiger partial charge < -0.3 is 15.1 Å². The number of carbonyl (C=O) groups is 3. The van der Waals surface area contributed by atoms with Crippen LogP contribution in [0.2, 0.25) is 0 Å². The third-order valence-electron chi connectivity index (χ3n) is 4.35. The van der Waals surface area contributed by atoms with Crippen molar-refractivity contribution in [3.63, 3.8) is 0 Å². The third-order valence-corrected chi connectivity index (χ3v) is 4.35. The third kappa shape index (κ3) is 4.46. The number of nitrogens with one attached hydrogen (secondary N) is 1. The largest absolute Gasteiger partial charge is 0.347 e. The number of rotatable bonds is 5. The first kappa shape index (κ1) is 18.5. The van der Waals surface area contributed by atoms with Gasteiger partial charge in [-0.25, -0.2) is 9.37 Å². The van der Waals surface area contributed by atoms with Crippen LogP contribution in [0.5, 0.6) is 0 Å². The van der Waals surface area contributed by atoms with Gasteiger partial charge in [0.1, 0.15) is 17.2 Å². The van der Waals surface area contributed by atoms with Crippen molar-refractivity contribution in [3.8, 4) is 0 Å². The minimum atomic E-state index is -0.487. The van der Waals surface area contributed by atoms with E-state index in [1.54, 1.807) is 40.1 Å². The Bertz CT molecular complexity index is 850. The van der Waals surface area contributed by atoms with Gasteiger partial charge >= 0.3 is 0 Å². The zero-order valence-corrected chi connectivity index (χ0v) is 14.6. The average Bonchev–Trinajstić information content (AvgIpc) is 2.72.